The fourth-order valence-electron chi connectivity index (χ4n) is 0.519. The van der Waals surface area contributed by atoms with Crippen LogP contribution in [0.2, 0.25) is 0 Å². The van der Waals surface area contributed by atoms with Gasteiger partial charge in [-0.1, -0.05) is 6.92 Å². The third-order valence-corrected chi connectivity index (χ3v) is 2.36. The van der Waals surface area contributed by atoms with E-state index in [1.54, 1.807) is 6.92 Å². The maximum absolute atomic E-state index is 10.7. The molecule has 0 atom stereocenters. The topological polar surface area (TPSA) is 48.2 Å². The summed E-state index contributed by atoms with van der Waals surface area (Å²) >= 11 is 0. The van der Waals surface area contributed by atoms with Gasteiger partial charge in [0.2, 0.25) is 10.0 Å². The number of hydrogen-bond acceptors (Lipinski definition) is 2. The monoisotopic (exact) mass is 150 g/mol. The molecule has 0 unspecified atom stereocenters. The van der Waals surface area contributed by atoms with E-state index < -0.39 is 10.0 Å². The van der Waals surface area contributed by atoms with Crippen LogP contribution < -0.4 is 4.72 Å². The Morgan fingerprint density at radius 3 is 2.22 bits per heavy atom. The van der Waals surface area contributed by atoms with E-state index in [1.807, 2.05) is 6.92 Å². The van der Waals surface area contributed by atoms with E-state index in [1.165, 1.54) is 0 Å². The van der Waals surface area contributed by atoms with Crippen molar-refractivity contribution in [2.75, 3.05) is 12.3 Å². The molecule has 0 aliphatic carbocycles. The Bertz CT molecular complexity index is 138. The van der Waals surface area contributed by atoms with Gasteiger partial charge >= 0.3 is 0 Å². The zero-order valence-corrected chi connectivity index (χ0v) is 6.61. The molecule has 0 aromatic rings. The van der Waals surface area contributed by atoms with Crippen LogP contribution >= 0.6 is 0 Å². The van der Waals surface area contributed by atoms with E-state index in [4.69, 9.17) is 0 Å². The first kappa shape index (κ1) is 8.91. The van der Waals surface area contributed by atoms with Crippen LogP contribution in [0.3, 0.4) is 0 Å². The van der Waals surface area contributed by atoms with Crippen LogP contribution in [-0.4, -0.2) is 20.7 Å². The molecule has 0 fully saturated rings. The van der Waals surface area contributed by atoms with Gasteiger partial charge in [-0.15, -0.1) is 4.72 Å². The Hall–Kier alpha value is -0.0900. The summed E-state index contributed by atoms with van der Waals surface area (Å²) < 4.78 is 24.7. The summed E-state index contributed by atoms with van der Waals surface area (Å²) in [4.78, 5) is 0. The van der Waals surface area contributed by atoms with Gasteiger partial charge in [0, 0.05) is 6.54 Å². The lowest BCUT2D eigenvalue weighted by atomic mass is 10.6. The van der Waals surface area contributed by atoms with E-state index in [0.717, 1.165) is 0 Å². The van der Waals surface area contributed by atoms with Gasteiger partial charge in [-0.25, -0.2) is 8.42 Å². The Morgan fingerprint density at radius 2 is 1.89 bits per heavy atom. The Kier molecular flexibility index (Phi) is 3.81. The van der Waals surface area contributed by atoms with Gasteiger partial charge in [-0.05, 0) is 13.3 Å². The summed E-state index contributed by atoms with van der Waals surface area (Å²) in [6.07, 6.45) is 0.645. The van der Waals surface area contributed by atoms with Gasteiger partial charge in [0.05, 0.1) is 5.75 Å². The fourth-order valence-corrected chi connectivity index (χ4v) is 1.56. The molecule has 0 saturated carbocycles. The molecule has 55 valence electrons. The lowest BCUT2D eigenvalue weighted by molar-refractivity contribution is 0.581. The highest BCUT2D eigenvalue weighted by Gasteiger charge is 2.06. The zero-order valence-electron chi connectivity index (χ0n) is 5.79. The third-order valence-electron chi connectivity index (χ3n) is 0.788. The van der Waals surface area contributed by atoms with E-state index in [0.29, 0.717) is 13.0 Å². The lowest BCUT2D eigenvalue weighted by Gasteiger charge is -1.96. The molecule has 0 aliphatic rings. The van der Waals surface area contributed by atoms with Crippen LogP contribution in [0.25, 0.3) is 0 Å². The molecule has 0 aromatic heterocycles. The van der Waals surface area contributed by atoms with Crippen LogP contribution in [0.5, 0.6) is 0 Å². The predicted octanol–water partition coefficient (Wildman–Crippen LogP) is 0.350. The molecular weight excluding hydrogens is 138 g/mol. The second-order valence-electron chi connectivity index (χ2n) is 1.73. The largest absolute Gasteiger partial charge is 0.227 e. The summed E-state index contributed by atoms with van der Waals surface area (Å²) in [6.45, 7) is 3.90. The molecule has 0 amide bonds. The smallest absolute Gasteiger partial charge is 0.211 e. The maximum atomic E-state index is 10.7. The van der Waals surface area contributed by atoms with E-state index in [2.05, 4.69) is 4.72 Å². The summed E-state index contributed by atoms with van der Waals surface area (Å²) in [7, 11) is -3.06. The number of nitrogens with zero attached hydrogens (tertiary/aromatic N) is 1. The van der Waals surface area contributed by atoms with Crippen LogP contribution in [0.15, 0.2) is 0 Å². The highest BCUT2D eigenvalue weighted by atomic mass is 32.2. The normalized spacial score (nSPS) is 11.8. The van der Waals surface area contributed by atoms with Crippen molar-refractivity contribution in [3.8, 4) is 0 Å². The van der Waals surface area contributed by atoms with Gasteiger partial charge in [-0.3, -0.25) is 0 Å². The quantitative estimate of drug-likeness (QED) is 0.580. The minimum Gasteiger partial charge on any atom is -0.211 e. The van der Waals surface area contributed by atoms with Crippen molar-refractivity contribution in [2.24, 2.45) is 0 Å². The molecule has 0 rings (SSSR count). The molecule has 0 saturated heterocycles. The molecule has 0 aliphatic heterocycles. The lowest BCUT2D eigenvalue weighted by Crippen LogP contribution is -2.18. The van der Waals surface area contributed by atoms with Crippen LogP contribution in [-0.2, 0) is 10.0 Å². The Balaban J connectivity index is 3.73. The molecule has 0 bridgehead atoms. The van der Waals surface area contributed by atoms with E-state index in [-0.39, 0.29) is 5.75 Å². The van der Waals surface area contributed by atoms with Crippen molar-refractivity contribution in [2.45, 2.75) is 20.3 Å². The standard InChI is InChI=1S/C5H12NO2S/c1-3-5-9(7,8)6-4-2/h3-5H2,1-2H3. The first-order chi connectivity index (χ1) is 4.12. The van der Waals surface area contributed by atoms with Crippen molar-refractivity contribution in [3.05, 3.63) is 0 Å². The molecule has 4 heteroatoms. The molecule has 0 heterocycles. The Morgan fingerprint density at radius 1 is 1.33 bits per heavy atom. The van der Waals surface area contributed by atoms with Crippen LogP contribution in [0, 0.1) is 0 Å². The minimum absolute atomic E-state index is 0.181. The maximum Gasteiger partial charge on any atom is 0.227 e. The average molecular weight is 150 g/mol. The fraction of sp³-hybridized carbons (Fsp3) is 1.00. The first-order valence-electron chi connectivity index (χ1n) is 3.04. The molecule has 1 radical (unpaired) electrons. The molecule has 0 N–H and O–H groups in total. The summed E-state index contributed by atoms with van der Waals surface area (Å²) in [6, 6.07) is 0. The second kappa shape index (κ2) is 3.85. The Labute approximate surface area is 56.5 Å². The highest BCUT2D eigenvalue weighted by Crippen LogP contribution is 1.88. The molecule has 3 nitrogen and oxygen atoms in total. The second-order valence-corrected chi connectivity index (χ2v) is 3.56. The highest BCUT2D eigenvalue weighted by molar-refractivity contribution is 7.89. The van der Waals surface area contributed by atoms with Crippen molar-refractivity contribution in [3.63, 3.8) is 0 Å². The summed E-state index contributed by atoms with van der Waals surface area (Å²) in [5, 5.41) is 0. The van der Waals surface area contributed by atoms with Gasteiger partial charge in [0.15, 0.2) is 0 Å². The van der Waals surface area contributed by atoms with E-state index >= 15 is 0 Å². The van der Waals surface area contributed by atoms with Crippen molar-refractivity contribution >= 4 is 10.0 Å². The summed E-state index contributed by atoms with van der Waals surface area (Å²) in [5.74, 6) is 0.181. The minimum atomic E-state index is -3.06. The number of sulfonamides is 1. The summed E-state index contributed by atoms with van der Waals surface area (Å²) in [5.41, 5.74) is 0. The first-order valence-corrected chi connectivity index (χ1v) is 4.64. The predicted molar refractivity (Wildman–Crippen MR) is 36.8 cm³/mol. The van der Waals surface area contributed by atoms with Gasteiger partial charge < -0.3 is 0 Å². The molecular formula is C5H12NO2S. The van der Waals surface area contributed by atoms with Gasteiger partial charge in [-0.2, -0.15) is 0 Å². The van der Waals surface area contributed by atoms with Crippen LogP contribution in [0.4, 0.5) is 0 Å². The van der Waals surface area contributed by atoms with Crippen LogP contribution in [0.1, 0.15) is 20.3 Å². The SMILES string of the molecule is CCCS(=O)(=O)[N]CC. The van der Waals surface area contributed by atoms with Gasteiger partial charge in [0.25, 0.3) is 0 Å². The number of rotatable bonds is 4. The third kappa shape index (κ3) is 4.42. The van der Waals surface area contributed by atoms with Crippen molar-refractivity contribution in [1.29, 1.82) is 0 Å². The van der Waals surface area contributed by atoms with Crippen molar-refractivity contribution in [1.82, 2.24) is 4.72 Å². The number of hydrogen-bond donors (Lipinski definition) is 0. The molecule has 0 spiro atoms. The van der Waals surface area contributed by atoms with Crippen molar-refractivity contribution < 1.29 is 8.42 Å². The van der Waals surface area contributed by atoms with Gasteiger partial charge in [0.1, 0.15) is 0 Å². The molecule has 9 heavy (non-hydrogen) atoms. The van der Waals surface area contributed by atoms with E-state index in [9.17, 15) is 8.42 Å². The zero-order chi connectivity index (χ0) is 7.33. The molecule has 0 aromatic carbocycles. The average Bonchev–Trinajstić information content (AvgIpc) is 1.64.